The van der Waals surface area contributed by atoms with E-state index in [4.69, 9.17) is 9.84 Å². The lowest BCUT2D eigenvalue weighted by Gasteiger charge is -2.24. The van der Waals surface area contributed by atoms with Crippen molar-refractivity contribution < 1.29 is 14.6 Å². The molecule has 2 unspecified atom stereocenters. The third kappa shape index (κ3) is 4.88. The Hall–Kier alpha value is -0.720. The molecule has 6 heteroatoms. The van der Waals surface area contributed by atoms with Gasteiger partial charge < -0.3 is 9.84 Å². The molecule has 1 fully saturated rings. The van der Waals surface area contributed by atoms with E-state index in [1.807, 2.05) is 6.07 Å². The normalized spacial score (nSPS) is 21.4. The number of hydrogen-bond acceptors (Lipinski definition) is 4. The topological polar surface area (TPSA) is 58.6 Å². The second kappa shape index (κ2) is 7.90. The van der Waals surface area contributed by atoms with E-state index in [9.17, 15) is 4.79 Å². The van der Waals surface area contributed by atoms with Gasteiger partial charge in [-0.05, 0) is 45.5 Å². The number of rotatable bonds is 7. The molecule has 0 radical (unpaired) electrons. The number of carboxylic acid groups (broad SMARTS) is 1. The molecular weight excluding hydrogens is 378 g/mol. The first-order chi connectivity index (χ1) is 10.8. The number of halogens is 1. The number of hydrogen-bond donors (Lipinski definition) is 2. The molecule has 2 atom stereocenters. The van der Waals surface area contributed by atoms with Crippen LogP contribution in [0.25, 0.3) is 0 Å². The first-order valence-electron chi connectivity index (χ1n) is 7.87. The van der Waals surface area contributed by atoms with Gasteiger partial charge in [-0.1, -0.05) is 26.8 Å². The fourth-order valence-corrected chi connectivity index (χ4v) is 4.04. The molecule has 1 aromatic rings. The van der Waals surface area contributed by atoms with Crippen LogP contribution in [0.5, 0.6) is 5.75 Å². The molecule has 1 aromatic carbocycles. The summed E-state index contributed by atoms with van der Waals surface area (Å²) < 4.78 is 6.81. The van der Waals surface area contributed by atoms with Crippen molar-refractivity contribution in [3.63, 3.8) is 0 Å². The van der Waals surface area contributed by atoms with Gasteiger partial charge in [0.05, 0.1) is 16.5 Å². The molecule has 1 aliphatic heterocycles. The molecule has 128 valence electrons. The summed E-state index contributed by atoms with van der Waals surface area (Å²) in [5.41, 5.74) is 1.44. The van der Waals surface area contributed by atoms with E-state index in [-0.39, 0.29) is 10.8 Å². The van der Waals surface area contributed by atoms with Crippen molar-refractivity contribution in [1.82, 2.24) is 5.32 Å². The van der Waals surface area contributed by atoms with Crippen LogP contribution < -0.4 is 10.1 Å². The summed E-state index contributed by atoms with van der Waals surface area (Å²) in [6, 6.07) is 5.81. The lowest BCUT2D eigenvalue weighted by atomic mass is 9.82. The van der Waals surface area contributed by atoms with Gasteiger partial charge in [0.1, 0.15) is 11.8 Å². The monoisotopic (exact) mass is 401 g/mol. The Morgan fingerprint density at radius 1 is 1.52 bits per heavy atom. The van der Waals surface area contributed by atoms with Gasteiger partial charge in [-0.3, -0.25) is 10.1 Å². The van der Waals surface area contributed by atoms with E-state index in [1.54, 1.807) is 11.8 Å². The maximum absolute atomic E-state index is 10.9. The molecule has 2 N–H and O–H groups in total. The Labute approximate surface area is 150 Å². The lowest BCUT2D eigenvalue weighted by molar-refractivity contribution is -0.138. The maximum Gasteiger partial charge on any atom is 0.321 e. The second-order valence-electron chi connectivity index (χ2n) is 6.40. The number of carbonyl (C=O) groups is 1. The van der Waals surface area contributed by atoms with Crippen LogP contribution in [-0.4, -0.2) is 34.9 Å². The largest absolute Gasteiger partial charge is 0.492 e. The summed E-state index contributed by atoms with van der Waals surface area (Å²) in [4.78, 5) is 10.9. The highest BCUT2D eigenvalue weighted by atomic mass is 79.9. The molecule has 1 heterocycles. The van der Waals surface area contributed by atoms with Gasteiger partial charge >= 0.3 is 5.97 Å². The summed E-state index contributed by atoms with van der Waals surface area (Å²) >= 11 is 5.23. The van der Waals surface area contributed by atoms with Crippen molar-refractivity contribution in [2.24, 2.45) is 0 Å². The van der Waals surface area contributed by atoms with Gasteiger partial charge in [0.2, 0.25) is 0 Å². The van der Waals surface area contributed by atoms with E-state index in [2.05, 4.69) is 54.2 Å². The zero-order valence-electron chi connectivity index (χ0n) is 13.8. The molecular formula is C17H24BrNO3S. The maximum atomic E-state index is 10.9. The van der Waals surface area contributed by atoms with E-state index in [0.29, 0.717) is 12.4 Å². The quantitative estimate of drug-likeness (QED) is 0.722. The van der Waals surface area contributed by atoms with Gasteiger partial charge in [-0.25, -0.2) is 0 Å². The van der Waals surface area contributed by atoms with Crippen molar-refractivity contribution in [2.45, 2.75) is 50.4 Å². The molecule has 0 amide bonds. The molecule has 0 aliphatic carbocycles. The number of aliphatic carboxylic acids is 1. The molecule has 1 aliphatic rings. The van der Waals surface area contributed by atoms with E-state index >= 15 is 0 Å². The predicted molar refractivity (Wildman–Crippen MR) is 98.4 cm³/mol. The third-order valence-corrected chi connectivity index (χ3v) is 6.30. The summed E-state index contributed by atoms with van der Waals surface area (Å²) in [6.45, 7) is 7.22. The average molecular weight is 402 g/mol. The van der Waals surface area contributed by atoms with Crippen LogP contribution in [0, 0.1) is 0 Å². The van der Waals surface area contributed by atoms with Gasteiger partial charge in [-0.2, -0.15) is 0 Å². The van der Waals surface area contributed by atoms with Gasteiger partial charge in [0.25, 0.3) is 0 Å². The molecule has 2 rings (SSSR count). The van der Waals surface area contributed by atoms with Crippen molar-refractivity contribution in [1.29, 1.82) is 0 Å². The number of nitrogens with one attached hydrogen (secondary N) is 1. The van der Waals surface area contributed by atoms with Crippen LogP contribution in [0.2, 0.25) is 0 Å². The minimum Gasteiger partial charge on any atom is -0.492 e. The molecule has 0 spiro atoms. The van der Waals surface area contributed by atoms with Crippen LogP contribution in [0.1, 0.15) is 39.2 Å². The van der Waals surface area contributed by atoms with Crippen molar-refractivity contribution in [3.8, 4) is 5.75 Å². The number of thioether (sulfide) groups is 1. The smallest absolute Gasteiger partial charge is 0.321 e. The molecule has 0 saturated carbocycles. The Balaban J connectivity index is 1.86. The van der Waals surface area contributed by atoms with Gasteiger partial charge in [0.15, 0.2) is 0 Å². The SMILES string of the molecule is CCC(C)(C)c1ccc(OCCC2NC(C(=O)O)CS2)c(Br)c1. The van der Waals surface area contributed by atoms with E-state index < -0.39 is 12.0 Å². The van der Waals surface area contributed by atoms with Crippen molar-refractivity contribution in [2.75, 3.05) is 12.4 Å². The van der Waals surface area contributed by atoms with Crippen molar-refractivity contribution >= 4 is 33.7 Å². The highest BCUT2D eigenvalue weighted by Crippen LogP contribution is 2.33. The zero-order valence-corrected chi connectivity index (χ0v) is 16.2. The van der Waals surface area contributed by atoms with Crippen LogP contribution in [0.3, 0.4) is 0 Å². The summed E-state index contributed by atoms with van der Waals surface area (Å²) in [5.74, 6) is 0.668. The number of carboxylic acids is 1. The van der Waals surface area contributed by atoms with Gasteiger partial charge in [0, 0.05) is 12.2 Å². The van der Waals surface area contributed by atoms with Crippen LogP contribution in [0.4, 0.5) is 0 Å². The fraction of sp³-hybridized carbons (Fsp3) is 0.588. The Kier molecular flexibility index (Phi) is 6.40. The predicted octanol–water partition coefficient (Wildman–Crippen LogP) is 4.02. The molecule has 4 nitrogen and oxygen atoms in total. The number of ether oxygens (including phenoxy) is 1. The minimum absolute atomic E-state index is 0.146. The molecule has 1 saturated heterocycles. The standard InChI is InChI=1S/C17H24BrNO3S/c1-4-17(2,3)11-5-6-14(12(18)9-11)22-8-7-15-19-13(10-23-15)16(20)21/h5-6,9,13,15,19H,4,7-8,10H2,1-3H3,(H,20,21). The Morgan fingerprint density at radius 3 is 2.83 bits per heavy atom. The Bertz CT molecular complexity index is 565. The molecule has 0 aromatic heterocycles. The first-order valence-corrected chi connectivity index (χ1v) is 9.71. The van der Waals surface area contributed by atoms with E-state index in [1.165, 1.54) is 5.56 Å². The van der Waals surface area contributed by atoms with Crippen molar-refractivity contribution in [3.05, 3.63) is 28.2 Å². The van der Waals surface area contributed by atoms with E-state index in [0.717, 1.165) is 23.1 Å². The highest BCUT2D eigenvalue weighted by Gasteiger charge is 2.29. The van der Waals surface area contributed by atoms with Crippen LogP contribution >= 0.6 is 27.7 Å². The van der Waals surface area contributed by atoms with Gasteiger partial charge in [-0.15, -0.1) is 11.8 Å². The molecule has 0 bridgehead atoms. The minimum atomic E-state index is -0.780. The number of benzene rings is 1. The third-order valence-electron chi connectivity index (χ3n) is 4.38. The average Bonchev–Trinajstić information content (AvgIpc) is 2.98. The Morgan fingerprint density at radius 2 is 2.26 bits per heavy atom. The highest BCUT2D eigenvalue weighted by molar-refractivity contribution is 9.10. The molecule has 23 heavy (non-hydrogen) atoms. The van der Waals surface area contributed by atoms with Crippen LogP contribution in [0.15, 0.2) is 22.7 Å². The lowest BCUT2D eigenvalue weighted by Crippen LogP contribution is -2.37. The first kappa shape index (κ1) is 18.6. The second-order valence-corrected chi connectivity index (χ2v) is 8.49. The zero-order chi connectivity index (χ0) is 17.0. The summed E-state index contributed by atoms with van der Waals surface area (Å²) in [6.07, 6.45) is 1.86. The fourth-order valence-electron chi connectivity index (χ4n) is 2.36. The summed E-state index contributed by atoms with van der Waals surface area (Å²) in [5, 5.41) is 12.2. The summed E-state index contributed by atoms with van der Waals surface area (Å²) in [7, 11) is 0. The van der Waals surface area contributed by atoms with Crippen LogP contribution in [-0.2, 0) is 10.2 Å².